The van der Waals surface area contributed by atoms with E-state index in [0.717, 1.165) is 16.9 Å². The van der Waals surface area contributed by atoms with E-state index >= 15 is 0 Å². The Labute approximate surface area is 162 Å². The molecule has 144 valence electrons. The van der Waals surface area contributed by atoms with E-state index < -0.39 is 0 Å². The van der Waals surface area contributed by atoms with Crippen molar-refractivity contribution in [2.45, 2.75) is 27.3 Å². The van der Waals surface area contributed by atoms with E-state index in [9.17, 15) is 14.0 Å². The van der Waals surface area contributed by atoms with Crippen molar-refractivity contribution in [2.24, 2.45) is 0 Å². The number of furan rings is 1. The van der Waals surface area contributed by atoms with Gasteiger partial charge in [0.05, 0.1) is 5.56 Å². The number of halogens is 1. The number of carbonyl (C=O) groups excluding carboxylic acids is 2. The number of hydrogen-bond acceptors (Lipinski definition) is 3. The SMILES string of the molecule is Cc1oc(C)c(C(=O)Nc2ccc(C(=O)NCc3ccc(F)cc3)cc2)c1C. The molecule has 0 aliphatic rings. The standard InChI is InChI=1S/C22H21FN2O3/c1-13-14(2)28-15(3)20(13)22(27)25-19-10-6-17(7-11-19)21(26)24-12-16-4-8-18(23)9-5-16/h4-11H,12H2,1-3H3,(H,24,26)(H,25,27). The monoisotopic (exact) mass is 380 g/mol. The van der Waals surface area contributed by atoms with Gasteiger partial charge in [0.1, 0.15) is 17.3 Å². The van der Waals surface area contributed by atoms with E-state index in [-0.39, 0.29) is 17.6 Å². The van der Waals surface area contributed by atoms with Gasteiger partial charge in [-0.15, -0.1) is 0 Å². The lowest BCUT2D eigenvalue weighted by Gasteiger charge is -2.08. The molecule has 5 nitrogen and oxygen atoms in total. The molecule has 0 bridgehead atoms. The highest BCUT2D eigenvalue weighted by Gasteiger charge is 2.18. The Kier molecular flexibility index (Phi) is 5.59. The second kappa shape index (κ2) is 8.08. The molecule has 0 fully saturated rings. The van der Waals surface area contributed by atoms with Crippen molar-refractivity contribution < 1.29 is 18.4 Å². The molecule has 3 aromatic rings. The third-order valence-electron chi connectivity index (χ3n) is 4.56. The van der Waals surface area contributed by atoms with Gasteiger partial charge in [-0.3, -0.25) is 9.59 Å². The topological polar surface area (TPSA) is 71.3 Å². The number of aryl methyl sites for hydroxylation is 2. The minimum atomic E-state index is -0.316. The summed E-state index contributed by atoms with van der Waals surface area (Å²) in [5.74, 6) is 0.475. The van der Waals surface area contributed by atoms with E-state index in [4.69, 9.17) is 4.42 Å². The van der Waals surface area contributed by atoms with Gasteiger partial charge in [-0.2, -0.15) is 0 Å². The van der Waals surface area contributed by atoms with Crippen LogP contribution in [0.4, 0.5) is 10.1 Å². The van der Waals surface area contributed by atoms with Crippen LogP contribution in [0, 0.1) is 26.6 Å². The first kappa shape index (κ1) is 19.4. The van der Waals surface area contributed by atoms with Crippen molar-refractivity contribution >= 4 is 17.5 Å². The Bertz CT molecular complexity index is 1010. The molecule has 0 saturated heterocycles. The van der Waals surface area contributed by atoms with Crippen molar-refractivity contribution in [3.63, 3.8) is 0 Å². The summed E-state index contributed by atoms with van der Waals surface area (Å²) >= 11 is 0. The summed E-state index contributed by atoms with van der Waals surface area (Å²) in [6.45, 7) is 5.72. The van der Waals surface area contributed by atoms with Crippen molar-refractivity contribution in [1.82, 2.24) is 5.32 Å². The first-order valence-electron chi connectivity index (χ1n) is 8.86. The Morgan fingerprint density at radius 1 is 0.893 bits per heavy atom. The van der Waals surface area contributed by atoms with Crippen LogP contribution in [0.25, 0.3) is 0 Å². The molecular weight excluding hydrogens is 359 g/mol. The van der Waals surface area contributed by atoms with Crippen LogP contribution in [0.3, 0.4) is 0 Å². The molecule has 2 N–H and O–H groups in total. The highest BCUT2D eigenvalue weighted by Crippen LogP contribution is 2.22. The largest absolute Gasteiger partial charge is 0.466 e. The van der Waals surface area contributed by atoms with Crippen LogP contribution in [0.2, 0.25) is 0 Å². The van der Waals surface area contributed by atoms with E-state index in [0.29, 0.717) is 29.1 Å². The average molecular weight is 380 g/mol. The molecule has 1 aromatic heterocycles. The minimum Gasteiger partial charge on any atom is -0.466 e. The summed E-state index contributed by atoms with van der Waals surface area (Å²) in [4.78, 5) is 24.7. The maximum atomic E-state index is 12.9. The van der Waals surface area contributed by atoms with Gasteiger partial charge in [0.15, 0.2) is 0 Å². The van der Waals surface area contributed by atoms with E-state index in [2.05, 4.69) is 10.6 Å². The van der Waals surface area contributed by atoms with Crippen LogP contribution < -0.4 is 10.6 Å². The van der Waals surface area contributed by atoms with Crippen LogP contribution in [0.5, 0.6) is 0 Å². The quantitative estimate of drug-likeness (QED) is 0.683. The minimum absolute atomic E-state index is 0.250. The van der Waals surface area contributed by atoms with Crippen LogP contribution >= 0.6 is 0 Å². The average Bonchev–Trinajstić information content (AvgIpc) is 2.93. The molecule has 0 spiro atoms. The molecule has 28 heavy (non-hydrogen) atoms. The predicted octanol–water partition coefficient (Wildman–Crippen LogP) is 4.53. The number of benzene rings is 2. The number of nitrogens with one attached hydrogen (secondary N) is 2. The Hall–Kier alpha value is -3.41. The summed E-state index contributed by atoms with van der Waals surface area (Å²) in [6.07, 6.45) is 0. The van der Waals surface area contributed by atoms with Crippen molar-refractivity contribution in [2.75, 3.05) is 5.32 Å². The van der Waals surface area contributed by atoms with Gasteiger partial charge in [-0.05, 0) is 62.7 Å². The fourth-order valence-corrected chi connectivity index (χ4v) is 2.91. The molecule has 0 aliphatic heterocycles. The van der Waals surface area contributed by atoms with Crippen molar-refractivity contribution in [1.29, 1.82) is 0 Å². The lowest BCUT2D eigenvalue weighted by atomic mass is 10.1. The molecule has 2 amide bonds. The smallest absolute Gasteiger partial charge is 0.259 e. The molecule has 0 unspecified atom stereocenters. The molecule has 0 aliphatic carbocycles. The van der Waals surface area contributed by atoms with Gasteiger partial charge < -0.3 is 15.1 Å². The molecule has 3 rings (SSSR count). The number of carbonyl (C=O) groups is 2. The number of anilines is 1. The van der Waals surface area contributed by atoms with E-state index in [1.807, 2.05) is 13.8 Å². The second-order valence-corrected chi connectivity index (χ2v) is 6.56. The lowest BCUT2D eigenvalue weighted by molar-refractivity contribution is 0.0950. The molecule has 0 atom stereocenters. The highest BCUT2D eigenvalue weighted by atomic mass is 19.1. The highest BCUT2D eigenvalue weighted by molar-refractivity contribution is 6.06. The molecular formula is C22H21FN2O3. The summed E-state index contributed by atoms with van der Waals surface area (Å²) in [5.41, 5.74) is 3.19. The van der Waals surface area contributed by atoms with Crippen LogP contribution in [-0.2, 0) is 6.54 Å². The molecule has 2 aromatic carbocycles. The van der Waals surface area contributed by atoms with Crippen LogP contribution in [-0.4, -0.2) is 11.8 Å². The van der Waals surface area contributed by atoms with Crippen LogP contribution in [0.1, 0.15) is 43.4 Å². The maximum Gasteiger partial charge on any atom is 0.259 e. The third-order valence-corrected chi connectivity index (χ3v) is 4.56. The summed E-state index contributed by atoms with van der Waals surface area (Å²) in [6, 6.07) is 12.6. The lowest BCUT2D eigenvalue weighted by Crippen LogP contribution is -2.22. The fourth-order valence-electron chi connectivity index (χ4n) is 2.91. The molecule has 0 radical (unpaired) electrons. The van der Waals surface area contributed by atoms with E-state index in [1.54, 1.807) is 43.3 Å². The van der Waals surface area contributed by atoms with Crippen molar-refractivity contribution in [3.05, 3.63) is 88.1 Å². The Balaban J connectivity index is 1.61. The van der Waals surface area contributed by atoms with Gasteiger partial charge in [-0.1, -0.05) is 12.1 Å². The van der Waals surface area contributed by atoms with Crippen molar-refractivity contribution in [3.8, 4) is 0 Å². The zero-order valence-electron chi connectivity index (χ0n) is 15.9. The van der Waals surface area contributed by atoms with Crippen LogP contribution in [0.15, 0.2) is 52.9 Å². The Morgan fingerprint density at radius 2 is 1.54 bits per heavy atom. The molecule has 6 heteroatoms. The number of hydrogen-bond donors (Lipinski definition) is 2. The molecule has 0 saturated carbocycles. The van der Waals surface area contributed by atoms with Gasteiger partial charge in [-0.25, -0.2) is 4.39 Å². The normalized spacial score (nSPS) is 10.6. The van der Waals surface area contributed by atoms with E-state index in [1.165, 1.54) is 12.1 Å². The summed E-state index contributed by atoms with van der Waals surface area (Å²) in [7, 11) is 0. The summed E-state index contributed by atoms with van der Waals surface area (Å²) in [5, 5.41) is 5.59. The number of amides is 2. The zero-order chi connectivity index (χ0) is 20.3. The maximum absolute atomic E-state index is 12.9. The molecule has 1 heterocycles. The fraction of sp³-hybridized carbons (Fsp3) is 0.182. The Morgan fingerprint density at radius 3 is 2.11 bits per heavy atom. The van der Waals surface area contributed by atoms with Gasteiger partial charge in [0, 0.05) is 23.4 Å². The first-order chi connectivity index (χ1) is 13.3. The van der Waals surface area contributed by atoms with Gasteiger partial charge >= 0.3 is 0 Å². The van der Waals surface area contributed by atoms with Gasteiger partial charge in [0.25, 0.3) is 11.8 Å². The predicted molar refractivity (Wildman–Crippen MR) is 105 cm³/mol. The summed E-state index contributed by atoms with van der Waals surface area (Å²) < 4.78 is 18.4. The van der Waals surface area contributed by atoms with Gasteiger partial charge in [0.2, 0.25) is 0 Å². The zero-order valence-corrected chi connectivity index (χ0v) is 15.9. The number of rotatable bonds is 5. The second-order valence-electron chi connectivity index (χ2n) is 6.56. The first-order valence-corrected chi connectivity index (χ1v) is 8.86. The third kappa shape index (κ3) is 4.28.